The van der Waals surface area contributed by atoms with Crippen LogP contribution in [0.2, 0.25) is 0 Å². The molecule has 0 aliphatic carbocycles. The van der Waals surface area contributed by atoms with Crippen LogP contribution in [-0.2, 0) is 14.8 Å². The van der Waals surface area contributed by atoms with Gasteiger partial charge in [0.2, 0.25) is 10.0 Å². The van der Waals surface area contributed by atoms with Crippen LogP contribution in [0.3, 0.4) is 0 Å². The molecule has 0 N–H and O–H groups in total. The van der Waals surface area contributed by atoms with E-state index in [9.17, 15) is 13.2 Å². The molecule has 23 heavy (non-hydrogen) atoms. The van der Waals surface area contributed by atoms with Crippen molar-refractivity contribution in [2.24, 2.45) is 0 Å². The third-order valence-electron chi connectivity index (χ3n) is 4.45. The summed E-state index contributed by atoms with van der Waals surface area (Å²) in [7, 11) is -0.728. The molecule has 1 aromatic carbocycles. The Balaban J connectivity index is 2.19. The highest BCUT2D eigenvalue weighted by atomic mass is 32.2. The molecule has 0 radical (unpaired) electrons. The maximum absolute atomic E-state index is 12.8. The molecule has 7 heteroatoms. The van der Waals surface area contributed by atoms with Gasteiger partial charge in [0.25, 0.3) is 0 Å². The summed E-state index contributed by atoms with van der Waals surface area (Å²) >= 11 is 0. The lowest BCUT2D eigenvalue weighted by Gasteiger charge is -2.35. The van der Waals surface area contributed by atoms with Gasteiger partial charge in [0, 0.05) is 13.1 Å². The standard InChI is InChI=1S/C16H24N2O4S/c1-4-18-10-8-14(9-11-18)17(2)23(20,21)15-7-5-6-13(12-15)16(19)22-3/h5-7,12,14H,4,8-11H2,1-3H3. The average Bonchev–Trinajstić information content (AvgIpc) is 2.60. The highest BCUT2D eigenvalue weighted by Gasteiger charge is 2.30. The summed E-state index contributed by atoms with van der Waals surface area (Å²) in [6, 6.07) is 5.99. The van der Waals surface area contributed by atoms with Gasteiger partial charge in [-0.15, -0.1) is 0 Å². The van der Waals surface area contributed by atoms with E-state index in [-0.39, 0.29) is 16.5 Å². The maximum atomic E-state index is 12.8. The number of carbonyl (C=O) groups is 1. The summed E-state index contributed by atoms with van der Waals surface area (Å²) in [4.78, 5) is 14.0. The molecule has 6 nitrogen and oxygen atoms in total. The van der Waals surface area contributed by atoms with Crippen molar-refractivity contribution >= 4 is 16.0 Å². The van der Waals surface area contributed by atoms with Crippen molar-refractivity contribution in [2.75, 3.05) is 33.8 Å². The first kappa shape index (κ1) is 17.9. The number of esters is 1. The molecule has 128 valence electrons. The third kappa shape index (κ3) is 3.91. The largest absolute Gasteiger partial charge is 0.465 e. The van der Waals surface area contributed by atoms with Crippen LogP contribution in [0.4, 0.5) is 0 Å². The first-order valence-electron chi connectivity index (χ1n) is 7.79. The van der Waals surface area contributed by atoms with E-state index in [4.69, 9.17) is 0 Å². The van der Waals surface area contributed by atoms with Gasteiger partial charge in [-0.1, -0.05) is 13.0 Å². The lowest BCUT2D eigenvalue weighted by Crippen LogP contribution is -2.45. The van der Waals surface area contributed by atoms with E-state index in [2.05, 4.69) is 16.6 Å². The van der Waals surface area contributed by atoms with E-state index in [1.165, 1.54) is 23.5 Å². The van der Waals surface area contributed by atoms with E-state index < -0.39 is 16.0 Å². The number of sulfonamides is 1. The topological polar surface area (TPSA) is 66.9 Å². The predicted octanol–water partition coefficient (Wildman–Crippen LogP) is 1.58. The average molecular weight is 340 g/mol. The maximum Gasteiger partial charge on any atom is 0.337 e. The molecule has 1 aliphatic rings. The summed E-state index contributed by atoms with van der Waals surface area (Å²) < 4.78 is 31.7. The van der Waals surface area contributed by atoms with Crippen LogP contribution in [-0.4, -0.2) is 63.4 Å². The quantitative estimate of drug-likeness (QED) is 0.761. The molecule has 0 aromatic heterocycles. The van der Waals surface area contributed by atoms with Gasteiger partial charge in [0.1, 0.15) is 0 Å². The molecule has 1 aliphatic heterocycles. The first-order valence-corrected chi connectivity index (χ1v) is 9.23. The van der Waals surface area contributed by atoms with Gasteiger partial charge in [0.05, 0.1) is 17.6 Å². The molecule has 1 fully saturated rings. The zero-order valence-electron chi connectivity index (χ0n) is 13.9. The Morgan fingerprint density at radius 1 is 1.35 bits per heavy atom. The number of ether oxygens (including phenoxy) is 1. The highest BCUT2D eigenvalue weighted by molar-refractivity contribution is 7.89. The van der Waals surface area contributed by atoms with E-state index in [1.54, 1.807) is 19.2 Å². The summed E-state index contributed by atoms with van der Waals surface area (Å²) in [6.45, 7) is 4.91. The van der Waals surface area contributed by atoms with Crippen LogP contribution in [0.25, 0.3) is 0 Å². The Kier molecular flexibility index (Phi) is 5.78. The number of benzene rings is 1. The number of hydrogen-bond donors (Lipinski definition) is 0. The second-order valence-electron chi connectivity index (χ2n) is 5.71. The molecule has 1 heterocycles. The normalized spacial score (nSPS) is 17.4. The van der Waals surface area contributed by atoms with Crippen molar-refractivity contribution < 1.29 is 17.9 Å². The van der Waals surface area contributed by atoms with Crippen molar-refractivity contribution in [2.45, 2.75) is 30.7 Å². The van der Waals surface area contributed by atoms with Crippen LogP contribution >= 0.6 is 0 Å². The fraction of sp³-hybridized carbons (Fsp3) is 0.562. The van der Waals surface area contributed by atoms with E-state index in [0.717, 1.165) is 32.5 Å². The monoisotopic (exact) mass is 340 g/mol. The third-order valence-corrected chi connectivity index (χ3v) is 6.36. The minimum Gasteiger partial charge on any atom is -0.465 e. The van der Waals surface area contributed by atoms with Gasteiger partial charge in [-0.25, -0.2) is 13.2 Å². The molecule has 2 rings (SSSR count). The molecule has 0 atom stereocenters. The van der Waals surface area contributed by atoms with Crippen LogP contribution in [0, 0.1) is 0 Å². The number of nitrogens with zero attached hydrogens (tertiary/aromatic N) is 2. The first-order chi connectivity index (χ1) is 10.9. The Morgan fingerprint density at radius 2 is 2.00 bits per heavy atom. The number of rotatable bonds is 5. The lowest BCUT2D eigenvalue weighted by molar-refractivity contribution is 0.0600. The van der Waals surface area contributed by atoms with Crippen LogP contribution in [0.1, 0.15) is 30.1 Å². The predicted molar refractivity (Wildman–Crippen MR) is 87.9 cm³/mol. The number of methoxy groups -OCH3 is 1. The number of likely N-dealkylation sites (tertiary alicyclic amines) is 1. The fourth-order valence-corrected chi connectivity index (χ4v) is 4.33. The van der Waals surface area contributed by atoms with E-state index in [1.807, 2.05) is 0 Å². The highest BCUT2D eigenvalue weighted by Crippen LogP contribution is 2.23. The minimum absolute atomic E-state index is 0.00965. The molecule has 0 amide bonds. The zero-order valence-corrected chi connectivity index (χ0v) is 14.7. The smallest absolute Gasteiger partial charge is 0.337 e. The van der Waals surface area contributed by atoms with Gasteiger partial charge >= 0.3 is 5.97 Å². The van der Waals surface area contributed by atoms with Crippen molar-refractivity contribution in [1.82, 2.24) is 9.21 Å². The second kappa shape index (κ2) is 7.42. The van der Waals surface area contributed by atoms with Crippen LogP contribution in [0.5, 0.6) is 0 Å². The number of hydrogen-bond acceptors (Lipinski definition) is 5. The van der Waals surface area contributed by atoms with Gasteiger partial charge in [0.15, 0.2) is 0 Å². The van der Waals surface area contributed by atoms with E-state index >= 15 is 0 Å². The molecule has 1 aromatic rings. The molecule has 0 unspecified atom stereocenters. The number of carbonyl (C=O) groups excluding carboxylic acids is 1. The van der Waals surface area contributed by atoms with Crippen molar-refractivity contribution in [3.8, 4) is 0 Å². The number of piperidine rings is 1. The van der Waals surface area contributed by atoms with Gasteiger partial charge in [-0.05, 0) is 50.7 Å². The Bertz CT molecular complexity index is 652. The lowest BCUT2D eigenvalue weighted by atomic mass is 10.1. The van der Waals surface area contributed by atoms with Gasteiger partial charge in [-0.2, -0.15) is 4.31 Å². The minimum atomic E-state index is -3.62. The van der Waals surface area contributed by atoms with Gasteiger partial charge in [-0.3, -0.25) is 0 Å². The summed E-state index contributed by atoms with van der Waals surface area (Å²) in [6.07, 6.45) is 1.64. The summed E-state index contributed by atoms with van der Waals surface area (Å²) in [5.74, 6) is -0.541. The second-order valence-corrected chi connectivity index (χ2v) is 7.70. The fourth-order valence-electron chi connectivity index (χ4n) is 2.86. The molecular weight excluding hydrogens is 316 g/mol. The van der Waals surface area contributed by atoms with Gasteiger partial charge < -0.3 is 9.64 Å². The molecular formula is C16H24N2O4S. The Hall–Kier alpha value is -1.44. The molecule has 0 spiro atoms. The van der Waals surface area contributed by atoms with E-state index in [0.29, 0.717) is 0 Å². The van der Waals surface area contributed by atoms with Crippen molar-refractivity contribution in [3.05, 3.63) is 29.8 Å². The van der Waals surface area contributed by atoms with Crippen molar-refractivity contribution in [1.29, 1.82) is 0 Å². The van der Waals surface area contributed by atoms with Crippen molar-refractivity contribution in [3.63, 3.8) is 0 Å². The Labute approximate surface area is 138 Å². The Morgan fingerprint density at radius 3 is 2.57 bits per heavy atom. The molecule has 0 saturated carbocycles. The van der Waals surface area contributed by atoms with Crippen LogP contribution in [0.15, 0.2) is 29.2 Å². The molecule has 1 saturated heterocycles. The SMILES string of the molecule is CCN1CCC(N(C)S(=O)(=O)c2cccc(C(=O)OC)c2)CC1. The van der Waals surface area contributed by atoms with Crippen LogP contribution < -0.4 is 0 Å². The molecule has 0 bridgehead atoms. The zero-order chi connectivity index (χ0) is 17.0. The summed E-state index contributed by atoms with van der Waals surface area (Å²) in [5, 5.41) is 0. The summed E-state index contributed by atoms with van der Waals surface area (Å²) in [5.41, 5.74) is 0.239.